The monoisotopic (exact) mass is 189 g/mol. The second kappa shape index (κ2) is 4.78. The molecule has 1 heterocycles. The molecule has 0 saturated carbocycles. The number of methoxy groups -OCH3 is 1. The molecule has 1 aliphatic heterocycles. The fourth-order valence-electron chi connectivity index (χ4n) is 0.824. The summed E-state index contributed by atoms with van der Waals surface area (Å²) in [6, 6.07) is 0. The summed E-state index contributed by atoms with van der Waals surface area (Å²) in [5.74, 6) is -0.796. The molecule has 0 aromatic rings. The van der Waals surface area contributed by atoms with Gasteiger partial charge in [-0.15, -0.1) is 0 Å². The Kier molecular flexibility index (Phi) is 3.66. The topological polar surface area (TPSA) is 65.1 Å². The zero-order valence-electron chi connectivity index (χ0n) is 7.32. The van der Waals surface area contributed by atoms with Crippen molar-refractivity contribution in [2.24, 2.45) is 0 Å². The Labute approximate surface area is 75.3 Å². The van der Waals surface area contributed by atoms with Crippen molar-refractivity contribution in [2.45, 2.75) is 12.8 Å². The molecule has 74 valence electrons. The van der Waals surface area contributed by atoms with Crippen LogP contribution < -0.4 is 0 Å². The molecule has 0 atom stereocenters. The van der Waals surface area contributed by atoms with Gasteiger partial charge in [0.1, 0.15) is 13.2 Å². The maximum Gasteiger partial charge on any atom is 0.306 e. The zero-order valence-corrected chi connectivity index (χ0v) is 7.32. The van der Waals surface area contributed by atoms with Gasteiger partial charge in [-0.2, -0.15) is 0 Å². The van der Waals surface area contributed by atoms with E-state index >= 15 is 0 Å². The van der Waals surface area contributed by atoms with Crippen LogP contribution in [0.25, 0.3) is 0 Å². The molecule has 1 rings (SSSR count). The van der Waals surface area contributed by atoms with Crippen LogP contribution in [0.3, 0.4) is 0 Å². The van der Waals surface area contributed by atoms with Gasteiger partial charge in [0.2, 0.25) is 0 Å². The summed E-state index contributed by atoms with van der Waals surface area (Å²) in [5.41, 5.74) is 0. The van der Waals surface area contributed by atoms with E-state index in [0.29, 0.717) is 13.2 Å². The highest BCUT2D eigenvalue weighted by molar-refractivity contribution is 5.80. The summed E-state index contributed by atoms with van der Waals surface area (Å²) < 4.78 is 4.37. The van der Waals surface area contributed by atoms with E-state index in [-0.39, 0.29) is 18.7 Å². The maximum absolute atomic E-state index is 11.1. The van der Waals surface area contributed by atoms with Gasteiger partial charge in [0.15, 0.2) is 0 Å². The van der Waals surface area contributed by atoms with Crippen molar-refractivity contribution in [2.75, 3.05) is 20.3 Å². The lowest BCUT2D eigenvalue weighted by molar-refractivity contribution is -0.278. The third kappa shape index (κ3) is 3.00. The Morgan fingerprint density at radius 1 is 1.31 bits per heavy atom. The van der Waals surface area contributed by atoms with Crippen LogP contribution >= 0.6 is 0 Å². The minimum Gasteiger partial charge on any atom is -0.469 e. The van der Waals surface area contributed by atoms with Crippen LogP contribution in [0.4, 0.5) is 0 Å². The Morgan fingerprint density at radius 3 is 2.46 bits per heavy atom. The lowest BCUT2D eigenvalue weighted by Crippen LogP contribution is -2.25. The zero-order chi connectivity index (χ0) is 9.68. The van der Waals surface area contributed by atoms with E-state index in [2.05, 4.69) is 4.74 Å². The lowest BCUT2D eigenvalue weighted by atomic mass is 10.3. The molecular formula is C7H11NO5. The van der Waals surface area contributed by atoms with E-state index in [1.54, 1.807) is 0 Å². The van der Waals surface area contributed by atoms with Gasteiger partial charge in [-0.25, -0.2) is 9.68 Å². The average Bonchev–Trinajstić information content (AvgIpc) is 2.66. The van der Waals surface area contributed by atoms with Crippen molar-refractivity contribution in [3.05, 3.63) is 0 Å². The highest BCUT2D eigenvalue weighted by Gasteiger charge is 2.21. The smallest absolute Gasteiger partial charge is 0.306 e. The molecule has 1 fully saturated rings. The Bertz CT molecular complexity index is 199. The number of amides is 1. The van der Waals surface area contributed by atoms with Gasteiger partial charge < -0.3 is 4.74 Å². The van der Waals surface area contributed by atoms with Gasteiger partial charge >= 0.3 is 5.97 Å². The summed E-state index contributed by atoms with van der Waals surface area (Å²) in [7, 11) is 1.27. The molecule has 0 aliphatic carbocycles. The molecule has 0 spiro atoms. The average molecular weight is 189 g/mol. The number of carbonyl (C=O) groups excluding carboxylic acids is 2. The number of ether oxygens (including phenoxy) is 1. The number of esters is 1. The minimum absolute atomic E-state index is 0.0344. The highest BCUT2D eigenvalue weighted by atomic mass is 17.0. The van der Waals surface area contributed by atoms with E-state index in [1.165, 1.54) is 7.11 Å². The highest BCUT2D eigenvalue weighted by Crippen LogP contribution is 2.05. The Morgan fingerprint density at radius 2 is 1.92 bits per heavy atom. The van der Waals surface area contributed by atoms with Crippen molar-refractivity contribution in [1.29, 1.82) is 0 Å². The SMILES string of the molecule is COC(=O)CCC(=O)N1OCCO1. The molecule has 0 radical (unpaired) electrons. The third-order valence-electron chi connectivity index (χ3n) is 1.47. The fraction of sp³-hybridized carbons (Fsp3) is 0.714. The second-order valence-corrected chi connectivity index (χ2v) is 2.39. The normalized spacial score (nSPS) is 15.9. The number of carbonyl (C=O) groups is 2. The number of hydrogen-bond donors (Lipinski definition) is 0. The van der Waals surface area contributed by atoms with Gasteiger partial charge in [0.25, 0.3) is 5.91 Å². The number of nitrogens with zero attached hydrogens (tertiary/aromatic N) is 1. The van der Waals surface area contributed by atoms with E-state index in [4.69, 9.17) is 9.68 Å². The first kappa shape index (κ1) is 9.94. The molecule has 0 aromatic heterocycles. The molecule has 0 N–H and O–H groups in total. The summed E-state index contributed by atoms with van der Waals surface area (Å²) in [5, 5.41) is 0.808. The molecule has 6 heteroatoms. The van der Waals surface area contributed by atoms with Crippen LogP contribution in [0.5, 0.6) is 0 Å². The Balaban J connectivity index is 2.20. The van der Waals surface area contributed by atoms with E-state index in [9.17, 15) is 9.59 Å². The minimum atomic E-state index is -0.424. The van der Waals surface area contributed by atoms with Crippen LogP contribution in [0.1, 0.15) is 12.8 Å². The molecule has 1 aliphatic rings. The molecule has 0 unspecified atom stereocenters. The van der Waals surface area contributed by atoms with Gasteiger partial charge in [-0.1, -0.05) is 5.23 Å². The predicted octanol–water partition coefficient (Wildman–Crippen LogP) is -0.355. The van der Waals surface area contributed by atoms with Crippen LogP contribution in [-0.2, 0) is 24.0 Å². The van der Waals surface area contributed by atoms with Crippen molar-refractivity contribution in [3.63, 3.8) is 0 Å². The van der Waals surface area contributed by atoms with Gasteiger partial charge in [0.05, 0.1) is 13.5 Å². The number of rotatable bonds is 3. The van der Waals surface area contributed by atoms with Crippen molar-refractivity contribution < 1.29 is 24.0 Å². The molecular weight excluding hydrogens is 178 g/mol. The third-order valence-corrected chi connectivity index (χ3v) is 1.47. The fourth-order valence-corrected chi connectivity index (χ4v) is 0.824. The first-order valence-corrected chi connectivity index (χ1v) is 3.89. The van der Waals surface area contributed by atoms with Crippen LogP contribution in [-0.4, -0.2) is 37.4 Å². The molecule has 0 bridgehead atoms. The maximum atomic E-state index is 11.1. The molecule has 1 amide bonds. The van der Waals surface area contributed by atoms with E-state index in [1.807, 2.05) is 0 Å². The summed E-state index contributed by atoms with van der Waals surface area (Å²) in [4.78, 5) is 31.4. The second-order valence-electron chi connectivity index (χ2n) is 2.39. The van der Waals surface area contributed by atoms with E-state index in [0.717, 1.165) is 5.23 Å². The van der Waals surface area contributed by atoms with Crippen LogP contribution in [0, 0.1) is 0 Å². The summed E-state index contributed by atoms with van der Waals surface area (Å²) in [6.45, 7) is 0.730. The summed E-state index contributed by atoms with van der Waals surface area (Å²) >= 11 is 0. The van der Waals surface area contributed by atoms with Crippen LogP contribution in [0.15, 0.2) is 0 Å². The quantitative estimate of drug-likeness (QED) is 0.567. The van der Waals surface area contributed by atoms with Gasteiger partial charge in [0, 0.05) is 6.42 Å². The molecule has 0 aromatic carbocycles. The van der Waals surface area contributed by atoms with Gasteiger partial charge in [-0.05, 0) is 0 Å². The molecule has 1 saturated heterocycles. The van der Waals surface area contributed by atoms with E-state index < -0.39 is 5.97 Å². The van der Waals surface area contributed by atoms with Crippen LogP contribution in [0.2, 0.25) is 0 Å². The summed E-state index contributed by atoms with van der Waals surface area (Å²) in [6.07, 6.45) is 0.0746. The van der Waals surface area contributed by atoms with Crippen molar-refractivity contribution in [3.8, 4) is 0 Å². The standard InChI is InChI=1S/C7H11NO5/c1-11-7(10)3-2-6(9)8-12-4-5-13-8/h2-5H2,1H3. The van der Waals surface area contributed by atoms with Crippen molar-refractivity contribution >= 4 is 11.9 Å². The van der Waals surface area contributed by atoms with Gasteiger partial charge in [-0.3, -0.25) is 9.59 Å². The first-order valence-electron chi connectivity index (χ1n) is 3.89. The number of hydroxylamine groups is 2. The first-order chi connectivity index (χ1) is 6.24. The van der Waals surface area contributed by atoms with Crippen molar-refractivity contribution in [1.82, 2.24) is 5.23 Å². The molecule has 13 heavy (non-hydrogen) atoms. The largest absolute Gasteiger partial charge is 0.469 e. The number of hydrogen-bond acceptors (Lipinski definition) is 5. The lowest BCUT2D eigenvalue weighted by Gasteiger charge is -2.10. The predicted molar refractivity (Wildman–Crippen MR) is 40.0 cm³/mol. The Hall–Kier alpha value is -1.14. The molecule has 6 nitrogen and oxygen atoms in total.